The number of carbonyl (C=O) groups excluding carboxylic acids is 1. The van der Waals surface area contributed by atoms with Gasteiger partial charge in [-0.2, -0.15) is 5.26 Å². The standard InChI is InChI=1S/C13H17NO/c1-13(2)11-6-4-3-5-9(11)7-10(8-14)12(13)15/h7,9,11H,3-6H2,1-2H3. The van der Waals surface area contributed by atoms with Gasteiger partial charge in [0.1, 0.15) is 6.07 Å². The second-order valence-corrected chi connectivity index (χ2v) is 5.30. The van der Waals surface area contributed by atoms with Gasteiger partial charge in [-0.3, -0.25) is 4.79 Å². The van der Waals surface area contributed by atoms with E-state index >= 15 is 0 Å². The van der Waals surface area contributed by atoms with Gasteiger partial charge in [0.25, 0.3) is 0 Å². The molecular weight excluding hydrogens is 186 g/mol. The van der Waals surface area contributed by atoms with Crippen molar-refractivity contribution in [3.05, 3.63) is 11.6 Å². The van der Waals surface area contributed by atoms with Crippen LogP contribution in [0.3, 0.4) is 0 Å². The minimum atomic E-state index is -0.328. The highest BCUT2D eigenvalue weighted by molar-refractivity contribution is 6.03. The van der Waals surface area contributed by atoms with E-state index in [1.165, 1.54) is 12.8 Å². The molecule has 0 radical (unpaired) electrons. The summed E-state index contributed by atoms with van der Waals surface area (Å²) in [5.41, 5.74) is 0.0633. The lowest BCUT2D eigenvalue weighted by Gasteiger charge is -2.43. The van der Waals surface area contributed by atoms with E-state index in [1.54, 1.807) is 0 Å². The maximum atomic E-state index is 12.0. The predicted molar refractivity (Wildman–Crippen MR) is 57.9 cm³/mol. The summed E-state index contributed by atoms with van der Waals surface area (Å²) in [6.45, 7) is 4.01. The van der Waals surface area contributed by atoms with Gasteiger partial charge in [-0.05, 0) is 24.7 Å². The SMILES string of the molecule is CC1(C)C(=O)C(C#N)=CC2CCCCC21. The number of ketones is 1. The molecule has 0 amide bonds. The number of hydrogen-bond acceptors (Lipinski definition) is 2. The molecule has 2 aliphatic rings. The van der Waals surface area contributed by atoms with Crippen LogP contribution in [0.4, 0.5) is 0 Å². The van der Waals surface area contributed by atoms with Crippen molar-refractivity contribution in [1.82, 2.24) is 0 Å². The minimum Gasteiger partial charge on any atom is -0.293 e. The lowest BCUT2D eigenvalue weighted by Crippen LogP contribution is -2.42. The Morgan fingerprint density at radius 2 is 2.07 bits per heavy atom. The molecule has 1 fully saturated rings. The fraction of sp³-hybridized carbons (Fsp3) is 0.692. The van der Waals surface area contributed by atoms with Gasteiger partial charge >= 0.3 is 0 Å². The Kier molecular flexibility index (Phi) is 2.42. The van der Waals surface area contributed by atoms with Crippen LogP contribution in [0.25, 0.3) is 0 Å². The fourth-order valence-corrected chi connectivity index (χ4v) is 3.15. The first kappa shape index (κ1) is 10.4. The summed E-state index contributed by atoms with van der Waals surface area (Å²) in [6, 6.07) is 2.05. The van der Waals surface area contributed by atoms with Gasteiger partial charge < -0.3 is 0 Å². The number of fused-ring (bicyclic) bond motifs is 1. The molecule has 0 aromatic rings. The zero-order valence-electron chi connectivity index (χ0n) is 9.42. The maximum Gasteiger partial charge on any atom is 0.178 e. The average Bonchev–Trinajstić information content (AvgIpc) is 2.24. The first-order valence-electron chi connectivity index (χ1n) is 5.74. The molecule has 0 aliphatic heterocycles. The summed E-state index contributed by atoms with van der Waals surface area (Å²) < 4.78 is 0. The normalized spacial score (nSPS) is 33.9. The Balaban J connectivity index is 2.41. The Morgan fingerprint density at radius 3 is 2.73 bits per heavy atom. The summed E-state index contributed by atoms with van der Waals surface area (Å²) in [6.07, 6.45) is 6.68. The number of carbonyl (C=O) groups is 1. The van der Waals surface area contributed by atoms with Crippen molar-refractivity contribution in [3.8, 4) is 6.07 Å². The first-order valence-corrected chi connectivity index (χ1v) is 5.74. The zero-order chi connectivity index (χ0) is 11.1. The molecule has 2 unspecified atom stereocenters. The molecule has 80 valence electrons. The van der Waals surface area contributed by atoms with Gasteiger partial charge in [0.15, 0.2) is 5.78 Å². The quantitative estimate of drug-likeness (QED) is 0.607. The van der Waals surface area contributed by atoms with E-state index in [1.807, 2.05) is 19.9 Å². The van der Waals surface area contributed by atoms with Crippen LogP contribution < -0.4 is 0 Å². The molecule has 1 saturated carbocycles. The summed E-state index contributed by atoms with van der Waals surface area (Å²) in [5, 5.41) is 8.94. The van der Waals surface area contributed by atoms with Crippen molar-refractivity contribution in [3.63, 3.8) is 0 Å². The Morgan fingerprint density at radius 1 is 1.40 bits per heavy atom. The molecule has 0 spiro atoms. The van der Waals surface area contributed by atoms with Crippen LogP contribution in [0.5, 0.6) is 0 Å². The van der Waals surface area contributed by atoms with E-state index in [-0.39, 0.29) is 11.2 Å². The predicted octanol–water partition coefficient (Wildman–Crippen LogP) is 2.85. The first-order chi connectivity index (χ1) is 7.07. The van der Waals surface area contributed by atoms with E-state index in [9.17, 15) is 4.79 Å². The maximum absolute atomic E-state index is 12.0. The molecule has 2 heteroatoms. The van der Waals surface area contributed by atoms with E-state index < -0.39 is 0 Å². The van der Waals surface area contributed by atoms with Gasteiger partial charge in [-0.1, -0.05) is 32.8 Å². The highest BCUT2D eigenvalue weighted by atomic mass is 16.1. The monoisotopic (exact) mass is 203 g/mol. The summed E-state index contributed by atoms with van der Waals surface area (Å²) >= 11 is 0. The number of rotatable bonds is 0. The number of nitriles is 1. The molecule has 2 rings (SSSR count). The lowest BCUT2D eigenvalue weighted by molar-refractivity contribution is -0.128. The third-order valence-corrected chi connectivity index (χ3v) is 4.08. The van der Waals surface area contributed by atoms with Gasteiger partial charge in [-0.25, -0.2) is 0 Å². The molecule has 2 atom stereocenters. The minimum absolute atomic E-state index is 0.0492. The van der Waals surface area contributed by atoms with Crippen molar-refractivity contribution in [1.29, 1.82) is 5.26 Å². The van der Waals surface area contributed by atoms with E-state index in [0.717, 1.165) is 12.8 Å². The molecule has 0 aromatic carbocycles. The molecule has 15 heavy (non-hydrogen) atoms. The fourth-order valence-electron chi connectivity index (χ4n) is 3.15. The van der Waals surface area contributed by atoms with Crippen LogP contribution in [0.15, 0.2) is 11.6 Å². The molecule has 2 aliphatic carbocycles. The molecule has 2 nitrogen and oxygen atoms in total. The van der Waals surface area contributed by atoms with Crippen LogP contribution in [0.2, 0.25) is 0 Å². The van der Waals surface area contributed by atoms with Gasteiger partial charge in [-0.15, -0.1) is 0 Å². The van der Waals surface area contributed by atoms with Crippen molar-refractivity contribution in [2.75, 3.05) is 0 Å². The highest BCUT2D eigenvalue weighted by Gasteiger charge is 2.45. The van der Waals surface area contributed by atoms with Gasteiger partial charge in [0.2, 0.25) is 0 Å². The second-order valence-electron chi connectivity index (χ2n) is 5.30. The second kappa shape index (κ2) is 3.48. The topological polar surface area (TPSA) is 40.9 Å². The number of nitrogens with zero attached hydrogens (tertiary/aromatic N) is 1. The largest absolute Gasteiger partial charge is 0.293 e. The Labute approximate surface area is 91.0 Å². The zero-order valence-corrected chi connectivity index (χ0v) is 9.42. The highest BCUT2D eigenvalue weighted by Crippen LogP contribution is 2.47. The summed E-state index contributed by atoms with van der Waals surface area (Å²) in [4.78, 5) is 12.0. The van der Waals surface area contributed by atoms with Crippen molar-refractivity contribution in [2.24, 2.45) is 17.3 Å². The molecular formula is C13H17NO. The molecule has 0 bridgehead atoms. The van der Waals surface area contributed by atoms with E-state index in [0.29, 0.717) is 17.4 Å². The number of allylic oxidation sites excluding steroid dienone is 2. The van der Waals surface area contributed by atoms with Crippen LogP contribution in [-0.4, -0.2) is 5.78 Å². The Bertz CT molecular complexity index is 359. The van der Waals surface area contributed by atoms with Crippen LogP contribution >= 0.6 is 0 Å². The molecule has 0 saturated heterocycles. The average molecular weight is 203 g/mol. The van der Waals surface area contributed by atoms with Gasteiger partial charge in [0, 0.05) is 5.41 Å². The van der Waals surface area contributed by atoms with E-state index in [2.05, 4.69) is 6.07 Å². The Hall–Kier alpha value is -1.10. The third kappa shape index (κ3) is 1.51. The summed E-state index contributed by atoms with van der Waals surface area (Å²) in [5.74, 6) is 0.963. The molecule has 0 aromatic heterocycles. The smallest absolute Gasteiger partial charge is 0.178 e. The van der Waals surface area contributed by atoms with E-state index in [4.69, 9.17) is 5.26 Å². The van der Waals surface area contributed by atoms with Crippen LogP contribution in [-0.2, 0) is 4.79 Å². The third-order valence-electron chi connectivity index (χ3n) is 4.08. The van der Waals surface area contributed by atoms with Crippen molar-refractivity contribution in [2.45, 2.75) is 39.5 Å². The van der Waals surface area contributed by atoms with Crippen LogP contribution in [0, 0.1) is 28.6 Å². The van der Waals surface area contributed by atoms with Gasteiger partial charge in [0.05, 0.1) is 5.57 Å². The van der Waals surface area contributed by atoms with Crippen molar-refractivity contribution >= 4 is 5.78 Å². The van der Waals surface area contributed by atoms with Crippen LogP contribution in [0.1, 0.15) is 39.5 Å². The number of Topliss-reactive ketones (excluding diaryl/α,β-unsaturated/α-hetero) is 1. The molecule has 0 heterocycles. The summed E-state index contributed by atoms with van der Waals surface area (Å²) in [7, 11) is 0. The van der Waals surface area contributed by atoms with Crippen molar-refractivity contribution < 1.29 is 4.79 Å². The molecule has 0 N–H and O–H groups in total. The number of hydrogen-bond donors (Lipinski definition) is 0. The lowest BCUT2D eigenvalue weighted by atomic mass is 9.59.